The topological polar surface area (TPSA) is 158 Å². The van der Waals surface area contributed by atoms with E-state index in [-0.39, 0.29) is 43.6 Å². The molecule has 2 aliphatic rings. The van der Waals surface area contributed by atoms with Crippen molar-refractivity contribution in [2.24, 2.45) is 5.73 Å². The number of carbonyl (C=O) groups excluding carboxylic acids is 3. The van der Waals surface area contributed by atoms with Crippen LogP contribution in [0.5, 0.6) is 0 Å². The Morgan fingerprint density at radius 2 is 1.67 bits per heavy atom. The molecule has 0 unspecified atom stereocenters. The molecule has 1 atom stereocenters. The molecule has 12 nitrogen and oxygen atoms in total. The predicted octanol–water partition coefficient (Wildman–Crippen LogP) is 3.50. The molecule has 0 bridgehead atoms. The molecule has 2 aliphatic heterocycles. The molecule has 1 aromatic heterocycles. The zero-order chi connectivity index (χ0) is 32.2. The fourth-order valence-corrected chi connectivity index (χ4v) is 5.60. The van der Waals surface area contributed by atoms with E-state index in [0.717, 1.165) is 62.9 Å². The Balaban J connectivity index is 1.45. The lowest BCUT2D eigenvalue weighted by Crippen LogP contribution is -2.56. The van der Waals surface area contributed by atoms with E-state index in [2.05, 4.69) is 22.1 Å². The number of rotatable bonds is 13. The summed E-state index contributed by atoms with van der Waals surface area (Å²) >= 11 is 0. The van der Waals surface area contributed by atoms with Crippen LogP contribution in [0.2, 0.25) is 0 Å². The molecule has 4 N–H and O–H groups in total. The average molecular weight is 623 g/mol. The number of nitrogens with one attached hydrogen (secondary N) is 1. The van der Waals surface area contributed by atoms with Crippen LogP contribution in [0.4, 0.5) is 10.5 Å². The highest BCUT2D eigenvalue weighted by Crippen LogP contribution is 2.26. The van der Waals surface area contributed by atoms with E-state index in [4.69, 9.17) is 10.5 Å². The van der Waals surface area contributed by atoms with Gasteiger partial charge in [-0.05, 0) is 37.8 Å². The van der Waals surface area contributed by atoms with E-state index in [0.29, 0.717) is 25.4 Å². The maximum absolute atomic E-state index is 13.7. The first-order valence-electron chi connectivity index (χ1n) is 16.1. The molecule has 244 valence electrons. The van der Waals surface area contributed by atoms with Gasteiger partial charge in [0.1, 0.15) is 11.7 Å². The molecule has 0 spiro atoms. The lowest BCUT2D eigenvalue weighted by atomic mass is 10.0. The number of hydrogen-bond acceptors (Lipinski definition) is 8. The Bertz CT molecular complexity index is 1290. The molecule has 3 heterocycles. The summed E-state index contributed by atoms with van der Waals surface area (Å²) in [7, 11) is 0. The molecule has 1 aromatic carbocycles. The van der Waals surface area contributed by atoms with Crippen LogP contribution in [0.15, 0.2) is 42.5 Å². The maximum Gasteiger partial charge on any atom is 0.409 e. The van der Waals surface area contributed by atoms with Gasteiger partial charge in [0.05, 0.1) is 12.3 Å². The molecule has 0 aliphatic carbocycles. The third-order valence-corrected chi connectivity index (χ3v) is 8.34. The first-order chi connectivity index (χ1) is 21.7. The Kier molecular flexibility index (Phi) is 12.6. The normalized spacial score (nSPS) is 16.3. The molecule has 0 saturated carbocycles. The van der Waals surface area contributed by atoms with Gasteiger partial charge in [0.2, 0.25) is 5.91 Å². The molecule has 3 amide bonds. The summed E-state index contributed by atoms with van der Waals surface area (Å²) in [5, 5.41) is 12.1. The largest absolute Gasteiger partial charge is 0.481 e. The predicted molar refractivity (Wildman–Crippen MR) is 171 cm³/mol. The number of unbranched alkanes of at least 4 members (excludes halogenated alkanes) is 3. The number of carboxylic acid groups (broad SMARTS) is 1. The summed E-state index contributed by atoms with van der Waals surface area (Å²) in [6, 6.07) is 12.3. The maximum atomic E-state index is 13.7. The summed E-state index contributed by atoms with van der Waals surface area (Å²) < 4.78 is 5.38. The standard InChI is InChI=1S/C33H46N6O6/c1-2-3-4-8-21-45-33(44)39-19-17-38(18-20-39)32(43)27(11-12-30(40)41)36-31(42)29-23-26(37-15-13-25(34)14-16-37)22-28(35-29)24-9-6-5-7-10-24/h5-7,9-10,22-23,25,27H,2-4,8,11-21,34H2,1H3,(H,36,42)(H,40,41)/t27-/m0/s1. The minimum atomic E-state index is -1.07. The molecule has 45 heavy (non-hydrogen) atoms. The summed E-state index contributed by atoms with van der Waals surface area (Å²) in [6.07, 6.45) is 4.93. The van der Waals surface area contributed by atoms with Crippen LogP contribution >= 0.6 is 0 Å². The Morgan fingerprint density at radius 1 is 0.978 bits per heavy atom. The SMILES string of the molecule is CCCCCCOC(=O)N1CCN(C(=O)[C@H](CCC(=O)O)NC(=O)c2cc(N3CCC(N)CC3)cc(-c3ccccc3)n2)CC1. The number of benzene rings is 1. The zero-order valence-electron chi connectivity index (χ0n) is 26.2. The van der Waals surface area contributed by atoms with Gasteiger partial charge in [-0.25, -0.2) is 9.78 Å². The fraction of sp³-hybridized carbons (Fsp3) is 0.545. The highest BCUT2D eigenvalue weighted by molar-refractivity contribution is 5.97. The second kappa shape index (κ2) is 16.8. The van der Waals surface area contributed by atoms with Crippen molar-refractivity contribution in [3.8, 4) is 11.3 Å². The number of amides is 3. The number of nitrogens with zero attached hydrogens (tertiary/aromatic N) is 4. The smallest absolute Gasteiger partial charge is 0.409 e. The van der Waals surface area contributed by atoms with Gasteiger partial charge in [0.15, 0.2) is 0 Å². The van der Waals surface area contributed by atoms with E-state index in [1.165, 1.54) is 0 Å². The molecule has 4 rings (SSSR count). The third kappa shape index (κ3) is 9.90. The first-order valence-corrected chi connectivity index (χ1v) is 16.1. The quantitative estimate of drug-likeness (QED) is 0.284. The number of aromatic nitrogens is 1. The van der Waals surface area contributed by atoms with E-state index in [1.54, 1.807) is 15.9 Å². The van der Waals surface area contributed by atoms with Gasteiger partial charge < -0.3 is 35.6 Å². The van der Waals surface area contributed by atoms with Crippen LogP contribution in [-0.4, -0.2) is 102 Å². The van der Waals surface area contributed by atoms with E-state index in [1.807, 2.05) is 36.4 Å². The van der Waals surface area contributed by atoms with E-state index in [9.17, 15) is 24.3 Å². The van der Waals surface area contributed by atoms with Crippen LogP contribution < -0.4 is 16.0 Å². The average Bonchev–Trinajstić information content (AvgIpc) is 3.06. The van der Waals surface area contributed by atoms with Gasteiger partial charge in [-0.1, -0.05) is 56.5 Å². The van der Waals surface area contributed by atoms with Crippen molar-refractivity contribution in [3.05, 3.63) is 48.2 Å². The van der Waals surface area contributed by atoms with Crippen molar-refractivity contribution in [1.82, 2.24) is 20.1 Å². The van der Waals surface area contributed by atoms with Crippen LogP contribution in [0, 0.1) is 0 Å². The summed E-state index contributed by atoms with van der Waals surface area (Å²) in [5.41, 5.74) is 8.56. The Morgan fingerprint density at radius 3 is 2.33 bits per heavy atom. The summed E-state index contributed by atoms with van der Waals surface area (Å²) in [5.74, 6) is -2.01. The lowest BCUT2D eigenvalue weighted by molar-refractivity contribution is -0.138. The summed E-state index contributed by atoms with van der Waals surface area (Å²) in [6.45, 7) is 5.09. The van der Waals surface area contributed by atoms with Gasteiger partial charge in [0, 0.05) is 63.0 Å². The lowest BCUT2D eigenvalue weighted by Gasteiger charge is -2.36. The molecular formula is C33H46N6O6. The van der Waals surface area contributed by atoms with Crippen LogP contribution in [0.1, 0.15) is 68.8 Å². The number of aliphatic carboxylic acids is 1. The number of hydrogen-bond donors (Lipinski definition) is 3. The molecule has 12 heteroatoms. The van der Waals surface area contributed by atoms with Crippen molar-refractivity contribution in [2.45, 2.75) is 70.4 Å². The molecule has 0 radical (unpaired) electrons. The molecular weight excluding hydrogens is 576 g/mol. The Labute approximate surface area is 264 Å². The van der Waals surface area contributed by atoms with Gasteiger partial charge in [-0.3, -0.25) is 14.4 Å². The minimum Gasteiger partial charge on any atom is -0.481 e. The second-order valence-electron chi connectivity index (χ2n) is 11.7. The van der Waals surface area contributed by atoms with Crippen LogP contribution in [0.25, 0.3) is 11.3 Å². The van der Waals surface area contributed by atoms with Gasteiger partial charge >= 0.3 is 12.1 Å². The number of pyridine rings is 1. The number of piperidine rings is 1. The summed E-state index contributed by atoms with van der Waals surface area (Å²) in [4.78, 5) is 61.1. The molecule has 2 aromatic rings. The van der Waals surface area contributed by atoms with Crippen molar-refractivity contribution in [3.63, 3.8) is 0 Å². The highest BCUT2D eigenvalue weighted by atomic mass is 16.6. The number of ether oxygens (including phenoxy) is 1. The second-order valence-corrected chi connectivity index (χ2v) is 11.7. The fourth-order valence-electron chi connectivity index (χ4n) is 5.60. The van der Waals surface area contributed by atoms with Gasteiger partial charge in [-0.15, -0.1) is 0 Å². The Hall–Kier alpha value is -4.19. The van der Waals surface area contributed by atoms with E-state index >= 15 is 0 Å². The zero-order valence-corrected chi connectivity index (χ0v) is 26.2. The number of piperazine rings is 1. The number of anilines is 1. The molecule has 2 fully saturated rings. The first kappa shape index (κ1) is 33.7. The number of carboxylic acids is 1. The van der Waals surface area contributed by atoms with Crippen molar-refractivity contribution >= 4 is 29.6 Å². The van der Waals surface area contributed by atoms with Crippen molar-refractivity contribution in [1.29, 1.82) is 0 Å². The third-order valence-electron chi connectivity index (χ3n) is 8.34. The van der Waals surface area contributed by atoms with E-state index < -0.39 is 24.0 Å². The van der Waals surface area contributed by atoms with Crippen molar-refractivity contribution < 1.29 is 29.0 Å². The molecule has 2 saturated heterocycles. The van der Waals surface area contributed by atoms with Crippen LogP contribution in [0.3, 0.4) is 0 Å². The van der Waals surface area contributed by atoms with Crippen LogP contribution in [-0.2, 0) is 14.3 Å². The number of carbonyl (C=O) groups is 4. The highest BCUT2D eigenvalue weighted by Gasteiger charge is 2.31. The number of nitrogens with two attached hydrogens (primary N) is 1. The van der Waals surface area contributed by atoms with Crippen molar-refractivity contribution in [2.75, 3.05) is 50.8 Å². The van der Waals surface area contributed by atoms with Gasteiger partial charge in [-0.2, -0.15) is 0 Å². The van der Waals surface area contributed by atoms with Gasteiger partial charge in [0.25, 0.3) is 5.91 Å². The minimum absolute atomic E-state index is 0.0742. The monoisotopic (exact) mass is 622 g/mol.